The molecule has 0 spiro atoms. The lowest BCUT2D eigenvalue weighted by Gasteiger charge is -2.31. The van der Waals surface area contributed by atoms with Crippen molar-refractivity contribution < 1.29 is 14.3 Å². The topological polar surface area (TPSA) is 73.9 Å². The van der Waals surface area contributed by atoms with Gasteiger partial charge >= 0.3 is 6.03 Å². The van der Waals surface area contributed by atoms with E-state index in [4.69, 9.17) is 16.3 Å². The molecule has 1 fully saturated rings. The lowest BCUT2D eigenvalue weighted by atomic mass is 9.94. The van der Waals surface area contributed by atoms with Crippen LogP contribution >= 0.6 is 11.6 Å². The Morgan fingerprint density at radius 2 is 1.82 bits per heavy atom. The number of ether oxygens (including phenoxy) is 1. The average Bonchev–Trinajstić information content (AvgIpc) is 2.84. The maximum absolute atomic E-state index is 12.9. The number of urea groups is 1. The van der Waals surface area contributed by atoms with Crippen LogP contribution in [0.5, 0.6) is 5.75 Å². The number of hydrogen-bond donors (Lipinski definition) is 2. The summed E-state index contributed by atoms with van der Waals surface area (Å²) >= 11 is 6.43. The molecule has 0 aromatic heterocycles. The maximum atomic E-state index is 12.9. The highest BCUT2D eigenvalue weighted by Crippen LogP contribution is 2.27. The monoisotopic (exact) mass is 486 g/mol. The third-order valence-corrected chi connectivity index (χ3v) is 6.77. The van der Waals surface area contributed by atoms with Crippen LogP contribution in [0.3, 0.4) is 0 Å². The molecule has 0 aliphatic heterocycles. The smallest absolute Gasteiger partial charge is 0.319 e. The molecule has 0 heterocycles. The molecule has 2 N–H and O–H groups in total. The number of benzene rings is 2. The van der Waals surface area contributed by atoms with Crippen molar-refractivity contribution >= 4 is 29.2 Å². The van der Waals surface area contributed by atoms with Crippen LogP contribution < -0.4 is 15.4 Å². The van der Waals surface area contributed by atoms with Gasteiger partial charge in [0.15, 0.2) is 0 Å². The van der Waals surface area contributed by atoms with Gasteiger partial charge in [-0.25, -0.2) is 4.79 Å². The zero-order valence-electron chi connectivity index (χ0n) is 20.4. The molecule has 8 heteroatoms. The summed E-state index contributed by atoms with van der Waals surface area (Å²) in [5.41, 5.74) is 2.02. The normalized spacial score (nSPS) is 15.0. The van der Waals surface area contributed by atoms with Gasteiger partial charge in [-0.15, -0.1) is 0 Å². The second kappa shape index (κ2) is 12.1. The quantitative estimate of drug-likeness (QED) is 0.539. The lowest BCUT2D eigenvalue weighted by Crippen LogP contribution is -2.38. The van der Waals surface area contributed by atoms with E-state index in [2.05, 4.69) is 10.6 Å². The number of anilines is 1. The Labute approximate surface area is 207 Å². The second-order valence-electron chi connectivity index (χ2n) is 8.99. The first-order valence-corrected chi connectivity index (χ1v) is 12.1. The number of rotatable bonds is 8. The lowest BCUT2D eigenvalue weighted by molar-refractivity contribution is 0.0696. The summed E-state index contributed by atoms with van der Waals surface area (Å²) < 4.78 is 5.32. The van der Waals surface area contributed by atoms with Gasteiger partial charge in [-0.2, -0.15) is 0 Å². The molecule has 1 aliphatic rings. The van der Waals surface area contributed by atoms with E-state index >= 15 is 0 Å². The van der Waals surface area contributed by atoms with Crippen molar-refractivity contribution in [2.75, 3.05) is 40.1 Å². The molecular formula is C26H35ClN4O3. The first-order valence-electron chi connectivity index (χ1n) is 11.7. The number of methoxy groups -OCH3 is 1. The van der Waals surface area contributed by atoms with Gasteiger partial charge in [-0.3, -0.25) is 4.79 Å². The summed E-state index contributed by atoms with van der Waals surface area (Å²) in [5.74, 6) is 0.687. The standard InChI is InChI=1S/C26H35ClN4O3/c1-30(2)24(18-9-8-12-21(15-18)34-4)17-28-26(33)29-19-13-14-22(23(27)16-19)25(32)31(3)20-10-6-5-7-11-20/h8-9,12-16,20,24H,5-7,10-11,17H2,1-4H3,(H2,28,29,33). The predicted octanol–water partition coefficient (Wildman–Crippen LogP) is 5.18. The number of hydrogen-bond acceptors (Lipinski definition) is 4. The molecule has 184 valence electrons. The Hall–Kier alpha value is -2.77. The molecule has 0 radical (unpaired) electrons. The molecule has 2 aromatic rings. The van der Waals surface area contributed by atoms with Crippen LogP contribution in [0.4, 0.5) is 10.5 Å². The number of halogens is 1. The Balaban J connectivity index is 1.60. The zero-order valence-corrected chi connectivity index (χ0v) is 21.2. The Morgan fingerprint density at radius 3 is 2.47 bits per heavy atom. The molecule has 7 nitrogen and oxygen atoms in total. The highest BCUT2D eigenvalue weighted by atomic mass is 35.5. The minimum atomic E-state index is -0.343. The van der Waals surface area contributed by atoms with Crippen molar-refractivity contribution in [1.29, 1.82) is 0 Å². The molecule has 2 aromatic carbocycles. The Bertz CT molecular complexity index is 992. The molecule has 3 amide bonds. The summed E-state index contributed by atoms with van der Waals surface area (Å²) in [4.78, 5) is 29.3. The van der Waals surface area contributed by atoms with Crippen molar-refractivity contribution in [3.8, 4) is 5.75 Å². The largest absolute Gasteiger partial charge is 0.497 e. The van der Waals surface area contributed by atoms with Gasteiger partial charge in [0.1, 0.15) is 5.75 Å². The zero-order chi connectivity index (χ0) is 24.7. The third kappa shape index (κ3) is 6.64. The van der Waals surface area contributed by atoms with Crippen LogP contribution in [0.2, 0.25) is 5.02 Å². The van der Waals surface area contributed by atoms with Crippen LogP contribution in [-0.2, 0) is 0 Å². The van der Waals surface area contributed by atoms with E-state index in [-0.39, 0.29) is 24.0 Å². The van der Waals surface area contributed by atoms with Crippen LogP contribution in [-0.4, -0.2) is 62.6 Å². The summed E-state index contributed by atoms with van der Waals surface area (Å²) in [6.45, 7) is 0.405. The molecule has 34 heavy (non-hydrogen) atoms. The fraction of sp³-hybridized carbons (Fsp3) is 0.462. The first-order chi connectivity index (χ1) is 16.3. The number of carbonyl (C=O) groups excluding carboxylic acids is 2. The molecule has 1 unspecified atom stereocenters. The van der Waals surface area contributed by atoms with Gasteiger partial charge in [-0.1, -0.05) is 43.0 Å². The van der Waals surface area contributed by atoms with Crippen molar-refractivity contribution in [2.24, 2.45) is 0 Å². The fourth-order valence-electron chi connectivity index (χ4n) is 4.40. The molecular weight excluding hydrogens is 452 g/mol. The van der Waals surface area contributed by atoms with Crippen molar-refractivity contribution in [3.05, 3.63) is 58.6 Å². The minimum absolute atomic E-state index is 0.0280. The molecule has 0 saturated heterocycles. The van der Waals surface area contributed by atoms with Crippen LogP contribution in [0.25, 0.3) is 0 Å². The highest BCUT2D eigenvalue weighted by Gasteiger charge is 2.24. The number of carbonyl (C=O) groups is 2. The van der Waals surface area contributed by atoms with Crippen LogP contribution in [0.1, 0.15) is 54.1 Å². The molecule has 1 atom stereocenters. The maximum Gasteiger partial charge on any atom is 0.319 e. The van der Waals surface area contributed by atoms with Crippen molar-refractivity contribution in [1.82, 2.24) is 15.1 Å². The van der Waals surface area contributed by atoms with Gasteiger partial charge in [0.25, 0.3) is 5.91 Å². The van der Waals surface area contributed by atoms with Crippen molar-refractivity contribution in [3.63, 3.8) is 0 Å². The van der Waals surface area contributed by atoms with Gasteiger partial charge in [0.05, 0.1) is 23.7 Å². The van der Waals surface area contributed by atoms with E-state index in [1.807, 2.05) is 50.3 Å². The summed E-state index contributed by atoms with van der Waals surface area (Å²) in [5, 5.41) is 6.05. The van der Waals surface area contributed by atoms with E-state index in [0.717, 1.165) is 37.0 Å². The van der Waals surface area contributed by atoms with Crippen LogP contribution in [0.15, 0.2) is 42.5 Å². The summed E-state index contributed by atoms with van der Waals surface area (Å²) in [6, 6.07) is 12.7. The van der Waals surface area contributed by atoms with E-state index in [9.17, 15) is 9.59 Å². The molecule has 1 aliphatic carbocycles. The second-order valence-corrected chi connectivity index (χ2v) is 9.40. The summed E-state index contributed by atoms with van der Waals surface area (Å²) in [7, 11) is 7.40. The third-order valence-electron chi connectivity index (χ3n) is 6.46. The molecule has 0 bridgehead atoms. The fourth-order valence-corrected chi connectivity index (χ4v) is 4.66. The van der Waals surface area contributed by atoms with Gasteiger partial charge in [0, 0.05) is 25.3 Å². The van der Waals surface area contributed by atoms with Gasteiger partial charge < -0.3 is 25.2 Å². The SMILES string of the molecule is COc1cccc(C(CNC(=O)Nc2ccc(C(=O)N(C)C3CCCCC3)c(Cl)c2)N(C)C)c1. The predicted molar refractivity (Wildman–Crippen MR) is 137 cm³/mol. The Kier molecular flexibility index (Phi) is 9.19. The van der Waals surface area contributed by atoms with E-state index in [1.54, 1.807) is 30.2 Å². The van der Waals surface area contributed by atoms with Gasteiger partial charge in [-0.05, 0) is 62.8 Å². The van der Waals surface area contributed by atoms with Crippen LogP contribution in [0, 0.1) is 0 Å². The van der Waals surface area contributed by atoms with Crippen molar-refractivity contribution in [2.45, 2.75) is 44.2 Å². The van der Waals surface area contributed by atoms with Gasteiger partial charge in [0.2, 0.25) is 0 Å². The number of nitrogens with one attached hydrogen (secondary N) is 2. The number of likely N-dealkylation sites (N-methyl/N-ethyl adjacent to an activating group) is 1. The van der Waals surface area contributed by atoms with E-state index < -0.39 is 0 Å². The van der Waals surface area contributed by atoms with E-state index in [0.29, 0.717) is 22.8 Å². The first kappa shape index (κ1) is 25.8. The number of amides is 3. The molecule has 1 saturated carbocycles. The highest BCUT2D eigenvalue weighted by molar-refractivity contribution is 6.34. The number of nitrogens with zero attached hydrogens (tertiary/aromatic N) is 2. The summed E-state index contributed by atoms with van der Waals surface area (Å²) in [6.07, 6.45) is 5.60. The van der Waals surface area contributed by atoms with E-state index in [1.165, 1.54) is 6.42 Å². The Morgan fingerprint density at radius 1 is 1.09 bits per heavy atom. The average molecular weight is 487 g/mol. The minimum Gasteiger partial charge on any atom is -0.497 e. The molecule has 3 rings (SSSR count).